The first-order valence-corrected chi connectivity index (χ1v) is 11.3. The number of hydrogen-bond donors (Lipinski definition) is 1. The van der Waals surface area contributed by atoms with Crippen molar-refractivity contribution in [3.05, 3.63) is 124 Å². The van der Waals surface area contributed by atoms with Gasteiger partial charge in [-0.15, -0.1) is 0 Å². The predicted octanol–water partition coefficient (Wildman–Crippen LogP) is 5.95. The molecule has 0 spiro atoms. The van der Waals surface area contributed by atoms with Gasteiger partial charge in [0, 0.05) is 16.7 Å². The van der Waals surface area contributed by atoms with Gasteiger partial charge in [-0.1, -0.05) is 41.9 Å². The van der Waals surface area contributed by atoms with Crippen LogP contribution in [0.5, 0.6) is 17.2 Å². The largest absolute Gasteiger partial charge is 0.489 e. The van der Waals surface area contributed by atoms with Gasteiger partial charge >= 0.3 is 5.97 Å². The lowest BCUT2D eigenvalue weighted by Crippen LogP contribution is -2.21. The van der Waals surface area contributed by atoms with Crippen LogP contribution in [0.1, 0.15) is 33.2 Å². The second kappa shape index (κ2) is 9.90. The second-order valence-electron chi connectivity index (χ2n) is 7.98. The molecule has 3 aromatic carbocycles. The van der Waals surface area contributed by atoms with Crippen LogP contribution in [0.15, 0.2) is 101 Å². The Morgan fingerprint density at radius 1 is 1.03 bits per heavy atom. The van der Waals surface area contributed by atoms with E-state index < -0.39 is 11.9 Å². The summed E-state index contributed by atoms with van der Waals surface area (Å²) in [6.07, 6.45) is 1.39. The van der Waals surface area contributed by atoms with Crippen LogP contribution in [0.3, 0.4) is 0 Å². The highest BCUT2D eigenvalue weighted by Gasteiger charge is 2.31. The number of fused-ring (bicyclic) bond motifs is 1. The van der Waals surface area contributed by atoms with E-state index in [9.17, 15) is 10.1 Å². The lowest BCUT2D eigenvalue weighted by molar-refractivity contribution is 0.0701. The topological polar surface area (TPSA) is 108 Å². The van der Waals surface area contributed by atoms with Gasteiger partial charge in [-0.25, -0.2) is 4.79 Å². The number of halogens is 1. The van der Waals surface area contributed by atoms with Gasteiger partial charge in [0.25, 0.3) is 0 Å². The molecule has 0 saturated carbocycles. The number of nitrogens with zero attached hydrogens (tertiary/aromatic N) is 1. The van der Waals surface area contributed by atoms with Crippen molar-refractivity contribution in [3.63, 3.8) is 0 Å². The molecule has 1 unspecified atom stereocenters. The first kappa shape index (κ1) is 23.1. The molecule has 0 aliphatic carbocycles. The van der Waals surface area contributed by atoms with Crippen LogP contribution in [0.4, 0.5) is 0 Å². The third-order valence-corrected chi connectivity index (χ3v) is 5.91. The number of carbonyl (C=O) groups excluding carboxylic acids is 1. The van der Waals surface area contributed by atoms with Crippen LogP contribution >= 0.6 is 11.6 Å². The number of furan rings is 1. The highest BCUT2D eigenvalue weighted by molar-refractivity contribution is 6.30. The third-order valence-electron chi connectivity index (χ3n) is 5.66. The molecular weight excluding hydrogens is 480 g/mol. The normalized spacial score (nSPS) is 14.4. The summed E-state index contributed by atoms with van der Waals surface area (Å²) in [6, 6.07) is 25.1. The summed E-state index contributed by atoms with van der Waals surface area (Å²) in [5.74, 6) is 0.305. The van der Waals surface area contributed by atoms with E-state index in [1.807, 2.05) is 48.5 Å². The molecule has 7 nitrogen and oxygen atoms in total. The zero-order chi connectivity index (χ0) is 25.1. The maximum Gasteiger partial charge on any atom is 0.379 e. The first-order valence-electron chi connectivity index (χ1n) is 11.0. The summed E-state index contributed by atoms with van der Waals surface area (Å²) in [6.45, 7) is 0.395. The van der Waals surface area contributed by atoms with Gasteiger partial charge < -0.3 is 24.4 Å². The van der Waals surface area contributed by atoms with Crippen molar-refractivity contribution >= 4 is 17.6 Å². The Morgan fingerprint density at radius 2 is 1.78 bits per heavy atom. The summed E-state index contributed by atoms with van der Waals surface area (Å²) in [4.78, 5) is 12.2. The molecular formula is C28H19ClN2O5. The van der Waals surface area contributed by atoms with E-state index in [-0.39, 0.29) is 23.0 Å². The minimum Gasteiger partial charge on any atom is -0.489 e. The number of rotatable bonds is 6. The van der Waals surface area contributed by atoms with E-state index in [2.05, 4.69) is 6.07 Å². The number of nitrogens with two attached hydrogens (primary N) is 1. The molecule has 2 N–H and O–H groups in total. The molecule has 36 heavy (non-hydrogen) atoms. The quantitative estimate of drug-likeness (QED) is 0.258. The van der Waals surface area contributed by atoms with Gasteiger partial charge in [-0.2, -0.15) is 5.26 Å². The molecule has 0 bridgehead atoms. The maximum absolute atomic E-state index is 12.2. The Balaban J connectivity index is 1.38. The number of allylic oxidation sites excluding steroid dienone is 1. The molecule has 0 fully saturated rings. The molecule has 1 atom stereocenters. The molecule has 1 aromatic heterocycles. The van der Waals surface area contributed by atoms with Crippen LogP contribution in [0, 0.1) is 11.3 Å². The fourth-order valence-electron chi connectivity index (χ4n) is 3.90. The van der Waals surface area contributed by atoms with Crippen LogP contribution < -0.4 is 19.9 Å². The molecule has 8 heteroatoms. The zero-order valence-electron chi connectivity index (χ0n) is 18.8. The first-order chi connectivity index (χ1) is 17.5. The molecule has 1 aliphatic heterocycles. The van der Waals surface area contributed by atoms with Gasteiger partial charge in [0.1, 0.15) is 35.5 Å². The molecule has 5 rings (SSSR count). The third kappa shape index (κ3) is 4.76. The van der Waals surface area contributed by atoms with Crippen molar-refractivity contribution in [3.8, 4) is 23.3 Å². The van der Waals surface area contributed by atoms with Crippen LogP contribution in [-0.4, -0.2) is 5.97 Å². The van der Waals surface area contributed by atoms with E-state index in [0.29, 0.717) is 28.7 Å². The predicted molar refractivity (Wildman–Crippen MR) is 132 cm³/mol. The molecule has 178 valence electrons. The Morgan fingerprint density at radius 3 is 2.47 bits per heavy atom. The highest BCUT2D eigenvalue weighted by Crippen LogP contribution is 2.43. The van der Waals surface area contributed by atoms with Crippen molar-refractivity contribution in [2.75, 3.05) is 0 Å². The van der Waals surface area contributed by atoms with Crippen molar-refractivity contribution in [2.24, 2.45) is 5.73 Å². The smallest absolute Gasteiger partial charge is 0.379 e. The molecule has 1 aliphatic rings. The van der Waals surface area contributed by atoms with E-state index in [4.69, 9.17) is 36.0 Å². The summed E-state index contributed by atoms with van der Waals surface area (Å²) in [7, 11) is 0. The van der Waals surface area contributed by atoms with Crippen molar-refractivity contribution in [2.45, 2.75) is 12.5 Å². The second-order valence-corrected chi connectivity index (χ2v) is 8.41. The number of ether oxygens (including phenoxy) is 3. The molecule has 0 radical (unpaired) electrons. The van der Waals surface area contributed by atoms with Crippen molar-refractivity contribution in [1.82, 2.24) is 0 Å². The molecule has 0 amide bonds. The fourth-order valence-corrected chi connectivity index (χ4v) is 4.02. The summed E-state index contributed by atoms with van der Waals surface area (Å²) in [5.41, 5.74) is 8.92. The number of nitriles is 1. The molecule has 4 aromatic rings. The Hall–Kier alpha value is -4.67. The SMILES string of the molecule is N#CC1=C(N)Oc2cc(OC(=O)c3ccco3)ccc2C1c1ccc(OCc2ccc(Cl)cc2)cc1. The fraction of sp³-hybridized carbons (Fsp3) is 0.0714. The van der Waals surface area contributed by atoms with Crippen molar-refractivity contribution < 1.29 is 23.4 Å². The Bertz CT molecular complexity index is 1470. The lowest BCUT2D eigenvalue weighted by Gasteiger charge is -2.26. The van der Waals surface area contributed by atoms with E-state index in [1.165, 1.54) is 12.3 Å². The number of hydrogen-bond acceptors (Lipinski definition) is 7. The highest BCUT2D eigenvalue weighted by atomic mass is 35.5. The summed E-state index contributed by atoms with van der Waals surface area (Å²) in [5, 5.41) is 10.5. The van der Waals surface area contributed by atoms with Gasteiger partial charge in [-0.05, 0) is 53.6 Å². The lowest BCUT2D eigenvalue weighted by atomic mass is 9.83. The van der Waals surface area contributed by atoms with Crippen LogP contribution in [0.25, 0.3) is 0 Å². The van der Waals surface area contributed by atoms with Crippen LogP contribution in [-0.2, 0) is 6.61 Å². The Kier molecular flexibility index (Phi) is 6.35. The molecule has 2 heterocycles. The van der Waals surface area contributed by atoms with Gasteiger partial charge in [0.2, 0.25) is 11.6 Å². The van der Waals surface area contributed by atoms with Crippen molar-refractivity contribution in [1.29, 1.82) is 5.26 Å². The van der Waals surface area contributed by atoms with Crippen LogP contribution in [0.2, 0.25) is 5.02 Å². The number of esters is 1. The monoisotopic (exact) mass is 498 g/mol. The van der Waals surface area contributed by atoms with E-state index in [1.54, 1.807) is 24.3 Å². The van der Waals surface area contributed by atoms with Gasteiger partial charge in [-0.3, -0.25) is 0 Å². The standard InChI is InChI=1S/C28H19ClN2O5/c29-19-7-3-17(4-8-19)16-34-20-9-5-18(6-10-20)26-22-12-11-21(35-28(32)24-2-1-13-33-24)14-25(22)36-27(31)23(26)15-30/h1-14,26H,16,31H2. The van der Waals surface area contributed by atoms with E-state index >= 15 is 0 Å². The zero-order valence-corrected chi connectivity index (χ0v) is 19.6. The van der Waals surface area contributed by atoms with Gasteiger partial charge in [0.05, 0.1) is 12.2 Å². The summed E-state index contributed by atoms with van der Waals surface area (Å²) >= 11 is 5.93. The minimum absolute atomic E-state index is 0.00687. The van der Waals surface area contributed by atoms with Gasteiger partial charge in [0.15, 0.2) is 0 Å². The number of benzene rings is 3. The number of carbonyl (C=O) groups is 1. The average Bonchev–Trinajstić information content (AvgIpc) is 3.43. The average molecular weight is 499 g/mol. The van der Waals surface area contributed by atoms with E-state index in [0.717, 1.165) is 11.1 Å². The maximum atomic E-state index is 12.2. The molecule has 0 saturated heterocycles. The Labute approximate surface area is 211 Å². The summed E-state index contributed by atoms with van der Waals surface area (Å²) < 4.78 is 22.0. The minimum atomic E-state index is -0.636.